The first kappa shape index (κ1) is 21.1. The van der Waals surface area contributed by atoms with Crippen LogP contribution in [0.25, 0.3) is 0 Å². The minimum atomic E-state index is -0.920. The van der Waals surface area contributed by atoms with Gasteiger partial charge in [0.05, 0.1) is 0 Å². The normalized spacial score (nSPS) is 14.4. The number of fused-ring (bicyclic) bond motifs is 1. The number of aliphatic carboxylic acids is 1. The van der Waals surface area contributed by atoms with Crippen molar-refractivity contribution in [2.45, 2.75) is 65.1 Å². The van der Waals surface area contributed by atoms with Gasteiger partial charge in [0, 0.05) is 24.0 Å². The van der Waals surface area contributed by atoms with Crippen LogP contribution in [0.3, 0.4) is 0 Å². The Morgan fingerprint density at radius 3 is 2.55 bits per heavy atom. The van der Waals surface area contributed by atoms with E-state index in [1.807, 2.05) is 20.8 Å². The van der Waals surface area contributed by atoms with Crippen LogP contribution in [0.2, 0.25) is 0 Å². The first-order valence-corrected chi connectivity index (χ1v) is 9.84. The van der Waals surface area contributed by atoms with E-state index in [2.05, 4.69) is 0 Å². The predicted molar refractivity (Wildman–Crippen MR) is 105 cm³/mol. The largest absolute Gasteiger partial charge is 0.487 e. The SMILES string of the molecule is CCCc1cc(OCc2cc(F)cc3c2OC(C)(C)C3)c(F)cc1CCC(=O)O. The number of carboxylic acids is 1. The summed E-state index contributed by atoms with van der Waals surface area (Å²) in [6.07, 6.45) is 2.34. The van der Waals surface area contributed by atoms with E-state index in [9.17, 15) is 13.6 Å². The molecule has 0 bridgehead atoms. The van der Waals surface area contributed by atoms with Crippen LogP contribution in [0.5, 0.6) is 11.5 Å². The van der Waals surface area contributed by atoms with Crippen LogP contribution in [0, 0.1) is 11.6 Å². The van der Waals surface area contributed by atoms with Crippen molar-refractivity contribution in [3.8, 4) is 11.5 Å². The summed E-state index contributed by atoms with van der Waals surface area (Å²) in [6, 6.07) is 5.79. The Labute approximate surface area is 169 Å². The monoisotopic (exact) mass is 404 g/mol. The zero-order valence-corrected chi connectivity index (χ0v) is 17.0. The maximum atomic E-state index is 14.6. The molecule has 1 N–H and O–H groups in total. The molecule has 0 aliphatic carbocycles. The third-order valence-corrected chi connectivity index (χ3v) is 4.97. The lowest BCUT2D eigenvalue weighted by atomic mass is 9.98. The van der Waals surface area contributed by atoms with Crippen molar-refractivity contribution in [2.75, 3.05) is 0 Å². The molecule has 0 fully saturated rings. The summed E-state index contributed by atoms with van der Waals surface area (Å²) in [4.78, 5) is 10.9. The van der Waals surface area contributed by atoms with E-state index in [4.69, 9.17) is 14.6 Å². The van der Waals surface area contributed by atoms with Gasteiger partial charge in [-0.3, -0.25) is 4.79 Å². The molecule has 0 spiro atoms. The van der Waals surface area contributed by atoms with Crippen molar-refractivity contribution in [2.24, 2.45) is 0 Å². The summed E-state index contributed by atoms with van der Waals surface area (Å²) >= 11 is 0. The number of hydrogen-bond acceptors (Lipinski definition) is 3. The van der Waals surface area contributed by atoms with Crippen LogP contribution in [0.1, 0.15) is 55.9 Å². The molecule has 1 heterocycles. The summed E-state index contributed by atoms with van der Waals surface area (Å²) in [5.74, 6) is -1.18. The van der Waals surface area contributed by atoms with Crippen LogP contribution in [-0.2, 0) is 30.7 Å². The molecule has 2 aromatic rings. The molecule has 29 heavy (non-hydrogen) atoms. The number of benzene rings is 2. The molecule has 1 aliphatic heterocycles. The lowest BCUT2D eigenvalue weighted by Crippen LogP contribution is -2.25. The van der Waals surface area contributed by atoms with Crippen molar-refractivity contribution in [3.63, 3.8) is 0 Å². The van der Waals surface area contributed by atoms with E-state index in [1.54, 1.807) is 6.07 Å². The topological polar surface area (TPSA) is 55.8 Å². The highest BCUT2D eigenvalue weighted by Crippen LogP contribution is 2.39. The van der Waals surface area contributed by atoms with Gasteiger partial charge in [0.1, 0.15) is 23.8 Å². The zero-order valence-electron chi connectivity index (χ0n) is 17.0. The van der Waals surface area contributed by atoms with Gasteiger partial charge in [-0.25, -0.2) is 8.78 Å². The van der Waals surface area contributed by atoms with Gasteiger partial charge < -0.3 is 14.6 Å². The molecule has 6 heteroatoms. The quantitative estimate of drug-likeness (QED) is 0.655. The van der Waals surface area contributed by atoms with E-state index in [0.29, 0.717) is 29.7 Å². The second-order valence-corrected chi connectivity index (χ2v) is 8.08. The molecule has 0 atom stereocenters. The number of ether oxygens (including phenoxy) is 2. The Bertz CT molecular complexity index is 922. The maximum Gasteiger partial charge on any atom is 0.303 e. The van der Waals surface area contributed by atoms with Crippen LogP contribution in [-0.4, -0.2) is 16.7 Å². The first-order chi connectivity index (χ1) is 13.7. The summed E-state index contributed by atoms with van der Waals surface area (Å²) in [7, 11) is 0. The van der Waals surface area contributed by atoms with Crippen molar-refractivity contribution < 1.29 is 28.2 Å². The Morgan fingerprint density at radius 1 is 1.14 bits per heavy atom. The number of aryl methyl sites for hydroxylation is 2. The molecular formula is C23H26F2O4. The standard InChI is InChI=1S/C23H26F2O4/c1-4-5-14-11-20(19(25)10-15(14)6-7-21(26)27)28-13-17-9-18(24)8-16-12-23(2,3)29-22(16)17/h8-11H,4-7,12-13H2,1-3H3,(H,26,27). The highest BCUT2D eigenvalue weighted by Gasteiger charge is 2.32. The summed E-state index contributed by atoms with van der Waals surface area (Å²) < 4.78 is 40.2. The minimum Gasteiger partial charge on any atom is -0.487 e. The molecule has 1 aliphatic rings. The number of carbonyl (C=O) groups is 1. The van der Waals surface area contributed by atoms with E-state index < -0.39 is 17.4 Å². The lowest BCUT2D eigenvalue weighted by molar-refractivity contribution is -0.136. The molecule has 3 rings (SSSR count). The second kappa shape index (κ2) is 8.39. The Morgan fingerprint density at radius 2 is 1.86 bits per heavy atom. The van der Waals surface area contributed by atoms with E-state index >= 15 is 0 Å². The predicted octanol–water partition coefficient (Wildman–Crippen LogP) is 5.23. The van der Waals surface area contributed by atoms with Gasteiger partial charge in [0.25, 0.3) is 0 Å². The maximum absolute atomic E-state index is 14.6. The van der Waals surface area contributed by atoms with Gasteiger partial charge >= 0.3 is 5.97 Å². The molecule has 0 aromatic heterocycles. The number of carboxylic acid groups (broad SMARTS) is 1. The molecule has 0 amide bonds. The molecule has 2 aromatic carbocycles. The van der Waals surface area contributed by atoms with Crippen LogP contribution >= 0.6 is 0 Å². The Balaban J connectivity index is 1.83. The highest BCUT2D eigenvalue weighted by atomic mass is 19.1. The van der Waals surface area contributed by atoms with Gasteiger partial charge in [-0.15, -0.1) is 0 Å². The molecule has 156 valence electrons. The molecule has 4 nitrogen and oxygen atoms in total. The average Bonchev–Trinajstić information content (AvgIpc) is 2.94. The smallest absolute Gasteiger partial charge is 0.303 e. The van der Waals surface area contributed by atoms with Crippen LogP contribution < -0.4 is 9.47 Å². The van der Waals surface area contributed by atoms with Gasteiger partial charge in [-0.1, -0.05) is 13.3 Å². The second-order valence-electron chi connectivity index (χ2n) is 8.08. The minimum absolute atomic E-state index is 0.0207. The molecule has 0 unspecified atom stereocenters. The van der Waals surface area contributed by atoms with Crippen LogP contribution in [0.15, 0.2) is 24.3 Å². The highest BCUT2D eigenvalue weighted by molar-refractivity contribution is 5.67. The molecule has 0 saturated heterocycles. The Kier molecular flexibility index (Phi) is 6.10. The molecular weight excluding hydrogens is 378 g/mol. The number of hydrogen-bond donors (Lipinski definition) is 1. The van der Waals surface area contributed by atoms with Crippen molar-refractivity contribution in [1.29, 1.82) is 0 Å². The van der Waals surface area contributed by atoms with Gasteiger partial charge in [0.15, 0.2) is 11.6 Å². The fourth-order valence-electron chi connectivity index (χ4n) is 3.73. The van der Waals surface area contributed by atoms with Gasteiger partial charge in [-0.2, -0.15) is 0 Å². The average molecular weight is 404 g/mol. The summed E-state index contributed by atoms with van der Waals surface area (Å²) in [6.45, 7) is 5.84. The summed E-state index contributed by atoms with van der Waals surface area (Å²) in [5, 5.41) is 8.90. The van der Waals surface area contributed by atoms with E-state index in [0.717, 1.165) is 17.5 Å². The first-order valence-electron chi connectivity index (χ1n) is 9.84. The van der Waals surface area contributed by atoms with E-state index in [1.165, 1.54) is 18.2 Å². The number of halogens is 2. The lowest BCUT2D eigenvalue weighted by Gasteiger charge is -2.18. The van der Waals surface area contributed by atoms with Crippen molar-refractivity contribution in [1.82, 2.24) is 0 Å². The van der Waals surface area contributed by atoms with Gasteiger partial charge in [-0.05, 0) is 62.1 Å². The molecule has 0 radical (unpaired) electrons. The van der Waals surface area contributed by atoms with Crippen LogP contribution in [0.4, 0.5) is 8.78 Å². The van der Waals surface area contributed by atoms with Crippen molar-refractivity contribution >= 4 is 5.97 Å². The van der Waals surface area contributed by atoms with Crippen molar-refractivity contribution in [3.05, 3.63) is 58.2 Å². The third kappa shape index (κ3) is 5.05. The zero-order chi connectivity index (χ0) is 21.2. The van der Waals surface area contributed by atoms with Gasteiger partial charge in [0.2, 0.25) is 0 Å². The number of rotatable bonds is 8. The molecule has 0 saturated carbocycles. The summed E-state index contributed by atoms with van der Waals surface area (Å²) in [5.41, 5.74) is 2.44. The Hall–Kier alpha value is -2.63. The van der Waals surface area contributed by atoms with E-state index in [-0.39, 0.29) is 31.0 Å². The third-order valence-electron chi connectivity index (χ3n) is 4.97. The fourth-order valence-corrected chi connectivity index (χ4v) is 3.73. The fraction of sp³-hybridized carbons (Fsp3) is 0.435.